The number of rotatable bonds is 9. The van der Waals surface area contributed by atoms with Gasteiger partial charge in [0.1, 0.15) is 11.5 Å². The van der Waals surface area contributed by atoms with E-state index < -0.39 is 6.29 Å². The molecule has 0 saturated carbocycles. The minimum atomic E-state index is -0.490. The van der Waals surface area contributed by atoms with Gasteiger partial charge in [-0.05, 0) is 49.1 Å². The van der Waals surface area contributed by atoms with Crippen LogP contribution in [-0.2, 0) is 12.8 Å². The highest BCUT2D eigenvalue weighted by Crippen LogP contribution is 2.31. The lowest BCUT2D eigenvalue weighted by atomic mass is 10.1. The van der Waals surface area contributed by atoms with Crippen LogP contribution in [0.3, 0.4) is 0 Å². The average Bonchev–Trinajstić information content (AvgIpc) is 2.70. The van der Waals surface area contributed by atoms with Crippen LogP contribution in [0, 0.1) is 6.92 Å². The molecule has 0 aliphatic heterocycles. The summed E-state index contributed by atoms with van der Waals surface area (Å²) in [6.45, 7) is 6.47. The number of hydrogen-bond donors (Lipinski definition) is 0. The number of hydrogen-bond acceptors (Lipinski definition) is 2. The molecular formula is C26H30O2. The Morgan fingerprint density at radius 2 is 1.21 bits per heavy atom. The molecule has 0 saturated heterocycles. The fraction of sp³-hybridized carbons (Fsp3) is 0.308. The highest BCUT2D eigenvalue weighted by atomic mass is 16.7. The fourth-order valence-electron chi connectivity index (χ4n) is 3.40. The van der Waals surface area contributed by atoms with Crippen LogP contribution in [0.1, 0.15) is 55.2 Å². The van der Waals surface area contributed by atoms with Gasteiger partial charge in [-0.3, -0.25) is 0 Å². The first kappa shape index (κ1) is 20.0. The molecule has 28 heavy (non-hydrogen) atoms. The van der Waals surface area contributed by atoms with Gasteiger partial charge in [-0.25, -0.2) is 0 Å². The topological polar surface area (TPSA) is 18.5 Å². The van der Waals surface area contributed by atoms with Gasteiger partial charge < -0.3 is 9.47 Å². The summed E-state index contributed by atoms with van der Waals surface area (Å²) in [4.78, 5) is 0. The van der Waals surface area contributed by atoms with Gasteiger partial charge >= 0.3 is 0 Å². The Hall–Kier alpha value is -2.74. The number of benzene rings is 3. The maximum atomic E-state index is 6.45. The molecule has 0 atom stereocenters. The summed E-state index contributed by atoms with van der Waals surface area (Å²) in [7, 11) is 0. The monoisotopic (exact) mass is 374 g/mol. The number of aryl methyl sites for hydroxylation is 3. The van der Waals surface area contributed by atoms with E-state index in [1.165, 1.54) is 16.7 Å². The molecular weight excluding hydrogens is 344 g/mol. The van der Waals surface area contributed by atoms with Crippen LogP contribution in [0.5, 0.6) is 11.5 Å². The van der Waals surface area contributed by atoms with Crippen molar-refractivity contribution in [1.29, 1.82) is 0 Å². The smallest absolute Gasteiger partial charge is 0.267 e. The van der Waals surface area contributed by atoms with Crippen LogP contribution in [-0.4, -0.2) is 0 Å². The Kier molecular flexibility index (Phi) is 7.13. The first-order chi connectivity index (χ1) is 13.7. The zero-order valence-corrected chi connectivity index (χ0v) is 17.2. The third-order valence-electron chi connectivity index (χ3n) is 4.77. The third-order valence-corrected chi connectivity index (χ3v) is 4.77. The van der Waals surface area contributed by atoms with Crippen molar-refractivity contribution in [3.8, 4) is 11.5 Å². The fourth-order valence-corrected chi connectivity index (χ4v) is 3.40. The molecule has 3 aromatic carbocycles. The van der Waals surface area contributed by atoms with Crippen molar-refractivity contribution in [3.63, 3.8) is 0 Å². The maximum absolute atomic E-state index is 6.45. The molecule has 0 spiro atoms. The molecule has 0 fully saturated rings. The predicted molar refractivity (Wildman–Crippen MR) is 116 cm³/mol. The van der Waals surface area contributed by atoms with Crippen molar-refractivity contribution in [1.82, 2.24) is 0 Å². The SMILES string of the molecule is CCCc1ccccc1OC(Oc1ccccc1CCC)c1cccc(C)c1. The van der Waals surface area contributed by atoms with Crippen LogP contribution < -0.4 is 9.47 Å². The van der Waals surface area contributed by atoms with E-state index >= 15 is 0 Å². The van der Waals surface area contributed by atoms with Crippen molar-refractivity contribution in [2.75, 3.05) is 0 Å². The second-order valence-electron chi connectivity index (χ2n) is 7.20. The summed E-state index contributed by atoms with van der Waals surface area (Å²) in [5.74, 6) is 1.78. The summed E-state index contributed by atoms with van der Waals surface area (Å²) < 4.78 is 12.9. The molecule has 2 heteroatoms. The largest absolute Gasteiger partial charge is 0.450 e. The van der Waals surface area contributed by atoms with Crippen LogP contribution in [0.2, 0.25) is 0 Å². The molecule has 0 aliphatic carbocycles. The highest BCUT2D eigenvalue weighted by Gasteiger charge is 2.18. The first-order valence-corrected chi connectivity index (χ1v) is 10.3. The van der Waals surface area contributed by atoms with Gasteiger partial charge in [0.25, 0.3) is 6.29 Å². The highest BCUT2D eigenvalue weighted by molar-refractivity contribution is 5.37. The van der Waals surface area contributed by atoms with Crippen LogP contribution in [0.15, 0.2) is 72.8 Å². The van der Waals surface area contributed by atoms with Crippen molar-refractivity contribution < 1.29 is 9.47 Å². The summed E-state index contributed by atoms with van der Waals surface area (Å²) in [5, 5.41) is 0. The standard InChI is InChI=1S/C26H30O2/c1-4-11-21-14-6-8-17-24(21)27-26(23-16-10-13-20(3)19-23)28-25-18-9-7-15-22(25)12-5-2/h6-10,13-19,26H,4-5,11-12H2,1-3H3. The Labute approximate surface area is 169 Å². The Balaban J connectivity index is 1.95. The quantitative estimate of drug-likeness (QED) is 0.373. The molecule has 0 bridgehead atoms. The van der Waals surface area contributed by atoms with Crippen LogP contribution in [0.25, 0.3) is 0 Å². The van der Waals surface area contributed by atoms with Crippen molar-refractivity contribution in [2.45, 2.75) is 52.7 Å². The van der Waals surface area contributed by atoms with Crippen LogP contribution >= 0.6 is 0 Å². The molecule has 0 amide bonds. The van der Waals surface area contributed by atoms with E-state index in [2.05, 4.69) is 69.3 Å². The van der Waals surface area contributed by atoms with Gasteiger partial charge in [0.05, 0.1) is 0 Å². The lowest BCUT2D eigenvalue weighted by Gasteiger charge is -2.24. The lowest BCUT2D eigenvalue weighted by Crippen LogP contribution is -2.17. The first-order valence-electron chi connectivity index (χ1n) is 10.3. The summed E-state index contributed by atoms with van der Waals surface area (Å²) in [5.41, 5.74) is 4.65. The molecule has 0 N–H and O–H groups in total. The van der Waals surface area contributed by atoms with Gasteiger partial charge in [-0.15, -0.1) is 0 Å². The molecule has 0 aromatic heterocycles. The van der Waals surface area contributed by atoms with Gasteiger partial charge in [0.2, 0.25) is 0 Å². The van der Waals surface area contributed by atoms with E-state index in [1.54, 1.807) is 0 Å². The van der Waals surface area contributed by atoms with Crippen molar-refractivity contribution in [2.24, 2.45) is 0 Å². The van der Waals surface area contributed by atoms with E-state index in [0.717, 1.165) is 42.7 Å². The predicted octanol–water partition coefficient (Wildman–Crippen LogP) is 7.06. The maximum Gasteiger partial charge on any atom is 0.267 e. The molecule has 0 heterocycles. The molecule has 0 unspecified atom stereocenters. The molecule has 3 aromatic rings. The average molecular weight is 375 g/mol. The molecule has 0 radical (unpaired) electrons. The van der Waals surface area contributed by atoms with Crippen molar-refractivity contribution >= 4 is 0 Å². The normalized spacial score (nSPS) is 10.9. The molecule has 3 rings (SSSR count). The van der Waals surface area contributed by atoms with Gasteiger partial charge in [0.15, 0.2) is 0 Å². The van der Waals surface area contributed by atoms with E-state index in [0.29, 0.717) is 0 Å². The summed E-state index contributed by atoms with van der Waals surface area (Å²) in [6, 6.07) is 24.9. The van der Waals surface area contributed by atoms with E-state index in [-0.39, 0.29) is 0 Å². The van der Waals surface area contributed by atoms with E-state index in [1.807, 2.05) is 24.3 Å². The van der Waals surface area contributed by atoms with Crippen molar-refractivity contribution in [3.05, 3.63) is 95.1 Å². The number of para-hydroxylation sites is 2. The minimum Gasteiger partial charge on any atom is -0.450 e. The second kappa shape index (κ2) is 9.98. The number of ether oxygens (including phenoxy) is 2. The van der Waals surface area contributed by atoms with Gasteiger partial charge in [-0.2, -0.15) is 0 Å². The lowest BCUT2D eigenvalue weighted by molar-refractivity contribution is 0.00231. The Morgan fingerprint density at radius 1 is 0.679 bits per heavy atom. The van der Waals surface area contributed by atoms with Gasteiger partial charge in [-0.1, -0.05) is 86.8 Å². The van der Waals surface area contributed by atoms with E-state index in [9.17, 15) is 0 Å². The third kappa shape index (κ3) is 5.16. The molecule has 2 nitrogen and oxygen atoms in total. The Morgan fingerprint density at radius 3 is 1.71 bits per heavy atom. The second-order valence-corrected chi connectivity index (χ2v) is 7.20. The minimum absolute atomic E-state index is 0.490. The zero-order valence-electron chi connectivity index (χ0n) is 17.2. The molecule has 0 aliphatic rings. The van der Waals surface area contributed by atoms with Gasteiger partial charge in [0, 0.05) is 5.56 Å². The van der Waals surface area contributed by atoms with E-state index in [4.69, 9.17) is 9.47 Å². The summed E-state index contributed by atoms with van der Waals surface area (Å²) in [6.07, 6.45) is 3.65. The molecule has 146 valence electrons. The summed E-state index contributed by atoms with van der Waals surface area (Å²) >= 11 is 0. The van der Waals surface area contributed by atoms with Crippen LogP contribution in [0.4, 0.5) is 0 Å². The Bertz CT molecular complexity index is 833. The zero-order chi connectivity index (χ0) is 19.8.